The van der Waals surface area contributed by atoms with Crippen molar-refractivity contribution in [2.45, 2.75) is 0 Å². The highest BCUT2D eigenvalue weighted by Gasteiger charge is 2.32. The molecular formula is C46H32N2O2P2. The maximum absolute atomic E-state index is 14.7. The number of para-hydroxylation sites is 4. The lowest BCUT2D eigenvalue weighted by Gasteiger charge is -2.30. The quantitative estimate of drug-likeness (QED) is 0.161. The molecule has 0 radical (unpaired) electrons. The molecule has 6 heteroatoms. The monoisotopic (exact) mass is 706 g/mol. The van der Waals surface area contributed by atoms with Crippen LogP contribution in [-0.2, 0) is 9.13 Å². The summed E-state index contributed by atoms with van der Waals surface area (Å²) in [6.07, 6.45) is 0. The number of hydrogen-bond acceptors (Lipinski definition) is 4. The summed E-state index contributed by atoms with van der Waals surface area (Å²) in [5.41, 5.74) is 10.1. The molecule has 0 bridgehead atoms. The number of nitrogens with zero attached hydrogens (tertiary/aromatic N) is 2. The van der Waals surface area contributed by atoms with Gasteiger partial charge in [0.1, 0.15) is 15.6 Å². The second-order valence-electron chi connectivity index (χ2n) is 13.2. The number of hydrogen-bond donors (Lipinski definition) is 0. The molecule has 0 saturated heterocycles. The molecule has 8 aromatic rings. The SMILES string of the molecule is O=[PH]1c2cc(N(c3ccccc3)c3ccccc3)ccc2-c2ccc3c4c(ccc1c24)[PH](=O)c1cc(N(c2ccccc2)c2ccccc2)ccc1-3. The van der Waals surface area contributed by atoms with E-state index in [-0.39, 0.29) is 0 Å². The molecule has 0 amide bonds. The van der Waals surface area contributed by atoms with Gasteiger partial charge in [0.25, 0.3) is 0 Å². The zero-order valence-corrected chi connectivity index (χ0v) is 30.0. The smallest absolute Gasteiger partial charge is 0.133 e. The topological polar surface area (TPSA) is 40.6 Å². The minimum atomic E-state index is -2.39. The van der Waals surface area contributed by atoms with Crippen LogP contribution in [0.15, 0.2) is 182 Å². The lowest BCUT2D eigenvalue weighted by Crippen LogP contribution is -2.24. The summed E-state index contributed by atoms with van der Waals surface area (Å²) < 4.78 is 29.4. The van der Waals surface area contributed by atoms with Crippen LogP contribution in [0.2, 0.25) is 0 Å². The summed E-state index contributed by atoms with van der Waals surface area (Å²) in [5, 5.41) is 5.34. The predicted octanol–water partition coefficient (Wildman–Crippen LogP) is 10.8. The van der Waals surface area contributed by atoms with E-state index in [0.29, 0.717) is 0 Å². The van der Waals surface area contributed by atoms with E-state index < -0.39 is 15.6 Å². The third kappa shape index (κ3) is 4.83. The highest BCUT2D eigenvalue weighted by Crippen LogP contribution is 2.49. The first-order chi connectivity index (χ1) is 25.7. The molecule has 0 fully saturated rings. The summed E-state index contributed by atoms with van der Waals surface area (Å²) in [4.78, 5) is 4.41. The average Bonchev–Trinajstić information content (AvgIpc) is 3.21. The maximum atomic E-state index is 14.7. The Balaban J connectivity index is 1.11. The van der Waals surface area contributed by atoms with Gasteiger partial charge in [0.2, 0.25) is 0 Å². The van der Waals surface area contributed by atoms with Gasteiger partial charge in [-0.1, -0.05) is 109 Å². The standard InChI is InChI=1S/C46H32N2O2P2/c49-51-41-27-28-42-46-40(38-24-22-36(30-44(38)52(42)50)48(33-17-9-3-10-18-33)34-19-11-4-12-20-34)26-25-39(45(41)46)37-23-21-35(29-43(37)51)47(31-13-5-1-6-14-31)32-15-7-2-8-16-32/h1-30,51-52H. The highest BCUT2D eigenvalue weighted by molar-refractivity contribution is 7.63. The molecule has 2 heterocycles. The number of fused-ring (bicyclic) bond motifs is 4. The first kappa shape index (κ1) is 30.9. The Hall–Kier alpha value is -5.92. The van der Waals surface area contributed by atoms with Crippen molar-refractivity contribution in [3.05, 3.63) is 182 Å². The fraction of sp³-hybridized carbons (Fsp3) is 0. The van der Waals surface area contributed by atoms with Crippen LogP contribution in [0, 0.1) is 0 Å². The maximum Gasteiger partial charge on any atom is 0.133 e. The van der Waals surface area contributed by atoms with Crippen LogP contribution in [0.3, 0.4) is 0 Å². The van der Waals surface area contributed by atoms with E-state index >= 15 is 0 Å². The van der Waals surface area contributed by atoms with Crippen molar-refractivity contribution in [3.8, 4) is 22.3 Å². The average molecular weight is 707 g/mol. The Morgan fingerprint density at radius 2 is 0.596 bits per heavy atom. The van der Waals surface area contributed by atoms with Gasteiger partial charge in [-0.3, -0.25) is 0 Å². The molecule has 2 atom stereocenters. The van der Waals surface area contributed by atoms with E-state index in [2.05, 4.69) is 107 Å². The molecule has 0 aromatic heterocycles. The van der Waals surface area contributed by atoms with E-state index in [1.165, 1.54) is 0 Å². The normalized spacial score (nSPS) is 15.1. The summed E-state index contributed by atoms with van der Waals surface area (Å²) >= 11 is 0. The van der Waals surface area contributed by atoms with Crippen LogP contribution in [0.5, 0.6) is 0 Å². The molecule has 0 aliphatic carbocycles. The van der Waals surface area contributed by atoms with Crippen LogP contribution in [0.4, 0.5) is 34.1 Å². The fourth-order valence-corrected chi connectivity index (χ4v) is 11.5. The minimum absolute atomic E-state index is 0.838. The number of benzene rings is 8. The van der Waals surface area contributed by atoms with E-state index in [0.717, 1.165) is 88.4 Å². The third-order valence-corrected chi connectivity index (χ3v) is 13.9. The van der Waals surface area contributed by atoms with E-state index in [9.17, 15) is 9.13 Å². The highest BCUT2D eigenvalue weighted by atomic mass is 31.1. The van der Waals surface area contributed by atoms with Gasteiger partial charge < -0.3 is 18.9 Å². The Bertz CT molecular complexity index is 2450. The molecule has 0 spiro atoms. The zero-order chi connectivity index (χ0) is 34.8. The Kier molecular flexibility index (Phi) is 7.35. The van der Waals surface area contributed by atoms with Gasteiger partial charge in [-0.25, -0.2) is 0 Å². The third-order valence-electron chi connectivity index (χ3n) is 10.3. The van der Waals surface area contributed by atoms with Crippen LogP contribution < -0.4 is 31.0 Å². The molecule has 2 aliphatic heterocycles. The summed E-state index contributed by atoms with van der Waals surface area (Å²) in [6.45, 7) is 0. The summed E-state index contributed by atoms with van der Waals surface area (Å²) in [6, 6.07) is 62.1. The Morgan fingerprint density at radius 3 is 0.923 bits per heavy atom. The van der Waals surface area contributed by atoms with Gasteiger partial charge in [0, 0.05) is 66.1 Å². The Morgan fingerprint density at radius 1 is 0.288 bits per heavy atom. The van der Waals surface area contributed by atoms with Crippen LogP contribution in [-0.4, -0.2) is 0 Å². The van der Waals surface area contributed by atoms with Crippen LogP contribution >= 0.6 is 15.6 Å². The predicted molar refractivity (Wildman–Crippen MR) is 221 cm³/mol. The van der Waals surface area contributed by atoms with Gasteiger partial charge in [-0.05, 0) is 95.1 Å². The summed E-state index contributed by atoms with van der Waals surface area (Å²) in [7, 11) is -4.79. The van der Waals surface area contributed by atoms with Crippen molar-refractivity contribution in [1.29, 1.82) is 0 Å². The second kappa shape index (κ2) is 12.4. The van der Waals surface area contributed by atoms with Crippen LogP contribution in [0.25, 0.3) is 33.0 Å². The summed E-state index contributed by atoms with van der Waals surface area (Å²) in [5.74, 6) is 0. The van der Waals surface area contributed by atoms with E-state index in [1.807, 2.05) is 84.9 Å². The molecule has 0 saturated carbocycles. The van der Waals surface area contributed by atoms with Crippen molar-refractivity contribution in [1.82, 2.24) is 0 Å². The largest absolute Gasteiger partial charge is 0.317 e. The lowest BCUT2D eigenvalue weighted by atomic mass is 9.91. The lowest BCUT2D eigenvalue weighted by molar-refractivity contribution is 0.597. The van der Waals surface area contributed by atoms with Gasteiger partial charge in [-0.15, -0.1) is 0 Å². The molecule has 4 nitrogen and oxygen atoms in total. The second-order valence-corrected chi connectivity index (χ2v) is 16.7. The number of anilines is 6. The van der Waals surface area contributed by atoms with Gasteiger partial charge in [-0.2, -0.15) is 0 Å². The van der Waals surface area contributed by atoms with Gasteiger partial charge in [0.05, 0.1) is 0 Å². The van der Waals surface area contributed by atoms with Crippen LogP contribution in [0.1, 0.15) is 0 Å². The molecule has 0 N–H and O–H groups in total. The molecule has 10 rings (SSSR count). The van der Waals surface area contributed by atoms with Crippen molar-refractivity contribution >= 4 is 81.7 Å². The molecular weight excluding hydrogens is 674 g/mol. The first-order valence-corrected chi connectivity index (χ1v) is 20.3. The Labute approximate surface area is 303 Å². The minimum Gasteiger partial charge on any atom is -0.317 e. The van der Waals surface area contributed by atoms with Gasteiger partial charge in [0.15, 0.2) is 0 Å². The molecule has 2 unspecified atom stereocenters. The number of rotatable bonds is 6. The molecule has 8 aromatic carbocycles. The van der Waals surface area contributed by atoms with Crippen molar-refractivity contribution in [2.24, 2.45) is 0 Å². The van der Waals surface area contributed by atoms with E-state index in [4.69, 9.17) is 0 Å². The molecule has 248 valence electrons. The van der Waals surface area contributed by atoms with E-state index in [1.54, 1.807) is 0 Å². The van der Waals surface area contributed by atoms with Crippen molar-refractivity contribution < 1.29 is 9.13 Å². The van der Waals surface area contributed by atoms with Crippen molar-refractivity contribution in [3.63, 3.8) is 0 Å². The molecule has 2 aliphatic rings. The molecule has 52 heavy (non-hydrogen) atoms. The fourth-order valence-electron chi connectivity index (χ4n) is 8.00. The first-order valence-electron chi connectivity index (χ1n) is 17.4. The van der Waals surface area contributed by atoms with Crippen molar-refractivity contribution in [2.75, 3.05) is 9.80 Å². The zero-order valence-electron chi connectivity index (χ0n) is 28.0. The van der Waals surface area contributed by atoms with Gasteiger partial charge >= 0.3 is 0 Å².